The van der Waals surface area contributed by atoms with Crippen LogP contribution in [0.2, 0.25) is 0 Å². The summed E-state index contributed by atoms with van der Waals surface area (Å²) in [6.07, 6.45) is 11.6. The van der Waals surface area contributed by atoms with Crippen molar-refractivity contribution in [1.29, 1.82) is 0 Å². The van der Waals surface area contributed by atoms with Crippen molar-refractivity contribution in [2.75, 3.05) is 6.26 Å². The van der Waals surface area contributed by atoms with Crippen LogP contribution in [0.25, 0.3) is 0 Å². The van der Waals surface area contributed by atoms with Crippen molar-refractivity contribution in [2.45, 2.75) is 50.3 Å². The predicted molar refractivity (Wildman–Crippen MR) is 79.9 cm³/mol. The highest BCUT2D eigenvalue weighted by Gasteiger charge is 2.08. The highest BCUT2D eigenvalue weighted by molar-refractivity contribution is 7.98. The van der Waals surface area contributed by atoms with E-state index in [0.717, 1.165) is 6.42 Å². The van der Waals surface area contributed by atoms with Gasteiger partial charge < -0.3 is 0 Å². The maximum absolute atomic E-state index is 2.34. The SMILES string of the molecule is CC/C=C\CC(CCC)c1ccc(SC)cc1. The summed E-state index contributed by atoms with van der Waals surface area (Å²) in [6, 6.07) is 9.08. The fourth-order valence-electron chi connectivity index (χ4n) is 2.07. The van der Waals surface area contributed by atoms with Gasteiger partial charge in [-0.25, -0.2) is 0 Å². The van der Waals surface area contributed by atoms with Gasteiger partial charge in [0.15, 0.2) is 0 Å². The second-order valence-corrected chi connectivity index (χ2v) is 5.25. The summed E-state index contributed by atoms with van der Waals surface area (Å²) < 4.78 is 0. The van der Waals surface area contributed by atoms with Crippen molar-refractivity contribution in [2.24, 2.45) is 0 Å². The first-order valence-corrected chi connectivity index (χ1v) is 7.83. The van der Waals surface area contributed by atoms with E-state index in [2.05, 4.69) is 56.5 Å². The van der Waals surface area contributed by atoms with Gasteiger partial charge in [-0.2, -0.15) is 0 Å². The van der Waals surface area contributed by atoms with E-state index in [1.54, 1.807) is 0 Å². The summed E-state index contributed by atoms with van der Waals surface area (Å²) in [5, 5.41) is 0. The lowest BCUT2D eigenvalue weighted by molar-refractivity contribution is 0.620. The van der Waals surface area contributed by atoms with Gasteiger partial charge in [0, 0.05) is 4.90 Å². The summed E-state index contributed by atoms with van der Waals surface area (Å²) >= 11 is 1.81. The van der Waals surface area contributed by atoms with Gasteiger partial charge in [0.05, 0.1) is 0 Å². The zero-order valence-corrected chi connectivity index (χ0v) is 12.1. The molecule has 1 unspecified atom stereocenters. The lowest BCUT2D eigenvalue weighted by Gasteiger charge is -2.15. The third-order valence-electron chi connectivity index (χ3n) is 3.05. The average molecular weight is 248 g/mol. The molecule has 0 nitrogen and oxygen atoms in total. The molecule has 94 valence electrons. The molecule has 1 rings (SSSR count). The summed E-state index contributed by atoms with van der Waals surface area (Å²) in [5.41, 5.74) is 1.49. The van der Waals surface area contributed by atoms with Crippen molar-refractivity contribution in [3.63, 3.8) is 0 Å². The maximum Gasteiger partial charge on any atom is 0.00693 e. The molecule has 0 aliphatic rings. The Labute approximate surface area is 111 Å². The Bertz CT molecular complexity index is 324. The van der Waals surface area contributed by atoms with Crippen molar-refractivity contribution in [3.05, 3.63) is 42.0 Å². The lowest BCUT2D eigenvalue weighted by atomic mass is 9.91. The molecule has 0 spiro atoms. The minimum atomic E-state index is 0.693. The van der Waals surface area contributed by atoms with Crippen molar-refractivity contribution in [1.82, 2.24) is 0 Å². The van der Waals surface area contributed by atoms with Crippen LogP contribution in [0.15, 0.2) is 41.3 Å². The number of benzene rings is 1. The molecule has 0 fully saturated rings. The molecule has 17 heavy (non-hydrogen) atoms. The quantitative estimate of drug-likeness (QED) is 0.444. The predicted octanol–water partition coefficient (Wildman–Crippen LogP) is 5.65. The molecule has 0 saturated heterocycles. The molecule has 0 heterocycles. The maximum atomic E-state index is 2.34. The fourth-order valence-corrected chi connectivity index (χ4v) is 2.48. The molecular formula is C16H24S. The second kappa shape index (κ2) is 8.41. The molecule has 0 N–H and O–H groups in total. The number of rotatable bonds is 7. The van der Waals surface area contributed by atoms with Gasteiger partial charge in [-0.05, 0) is 49.1 Å². The molecule has 0 saturated carbocycles. The van der Waals surface area contributed by atoms with Crippen LogP contribution in [0.4, 0.5) is 0 Å². The monoisotopic (exact) mass is 248 g/mol. The Kier molecular flexibility index (Phi) is 7.11. The standard InChI is InChI=1S/C16H24S/c1-4-6-7-9-14(8-5-2)15-10-12-16(17-3)13-11-15/h6-7,10-14H,4-5,8-9H2,1-3H3/b7-6-. The van der Waals surface area contributed by atoms with E-state index in [1.807, 2.05) is 11.8 Å². The molecule has 1 aromatic rings. The average Bonchev–Trinajstić information content (AvgIpc) is 2.38. The molecule has 0 amide bonds. The van der Waals surface area contributed by atoms with Crippen LogP contribution >= 0.6 is 11.8 Å². The van der Waals surface area contributed by atoms with Gasteiger partial charge in [-0.1, -0.05) is 44.6 Å². The van der Waals surface area contributed by atoms with E-state index in [9.17, 15) is 0 Å². The van der Waals surface area contributed by atoms with Gasteiger partial charge in [-0.3, -0.25) is 0 Å². The second-order valence-electron chi connectivity index (χ2n) is 4.37. The third-order valence-corrected chi connectivity index (χ3v) is 3.79. The van der Waals surface area contributed by atoms with Crippen LogP contribution < -0.4 is 0 Å². The minimum absolute atomic E-state index is 0.693. The van der Waals surface area contributed by atoms with Gasteiger partial charge in [0.25, 0.3) is 0 Å². The van der Waals surface area contributed by atoms with Crippen LogP contribution in [0, 0.1) is 0 Å². The first kappa shape index (κ1) is 14.4. The minimum Gasteiger partial charge on any atom is -0.130 e. The fraction of sp³-hybridized carbons (Fsp3) is 0.500. The largest absolute Gasteiger partial charge is 0.130 e. The van der Waals surface area contributed by atoms with Gasteiger partial charge in [0.1, 0.15) is 0 Å². The van der Waals surface area contributed by atoms with Crippen molar-refractivity contribution < 1.29 is 0 Å². The van der Waals surface area contributed by atoms with Crippen LogP contribution in [-0.2, 0) is 0 Å². The first-order valence-electron chi connectivity index (χ1n) is 6.60. The third kappa shape index (κ3) is 4.99. The van der Waals surface area contributed by atoms with Crippen LogP contribution in [0.3, 0.4) is 0 Å². The van der Waals surface area contributed by atoms with E-state index in [0.29, 0.717) is 5.92 Å². The molecule has 0 aromatic heterocycles. The smallest absolute Gasteiger partial charge is 0.00693 e. The zero-order valence-electron chi connectivity index (χ0n) is 11.3. The van der Waals surface area contributed by atoms with Crippen LogP contribution in [0.1, 0.15) is 51.0 Å². The Morgan fingerprint density at radius 1 is 1.12 bits per heavy atom. The summed E-state index contributed by atoms with van der Waals surface area (Å²) in [6.45, 7) is 4.46. The molecule has 1 heteroatoms. The first-order chi connectivity index (χ1) is 8.31. The Morgan fingerprint density at radius 3 is 2.35 bits per heavy atom. The highest BCUT2D eigenvalue weighted by Crippen LogP contribution is 2.27. The summed E-state index contributed by atoms with van der Waals surface area (Å²) in [5.74, 6) is 0.693. The number of hydrogen-bond acceptors (Lipinski definition) is 1. The summed E-state index contributed by atoms with van der Waals surface area (Å²) in [7, 11) is 0. The highest BCUT2D eigenvalue weighted by atomic mass is 32.2. The Hall–Kier alpha value is -0.690. The Balaban J connectivity index is 2.70. The van der Waals surface area contributed by atoms with Gasteiger partial charge in [-0.15, -0.1) is 11.8 Å². The van der Waals surface area contributed by atoms with E-state index < -0.39 is 0 Å². The van der Waals surface area contributed by atoms with Gasteiger partial charge in [0.2, 0.25) is 0 Å². The van der Waals surface area contributed by atoms with E-state index in [-0.39, 0.29) is 0 Å². The number of hydrogen-bond donors (Lipinski definition) is 0. The van der Waals surface area contributed by atoms with Crippen LogP contribution in [0.5, 0.6) is 0 Å². The van der Waals surface area contributed by atoms with Crippen LogP contribution in [-0.4, -0.2) is 6.26 Å². The van der Waals surface area contributed by atoms with Crippen molar-refractivity contribution >= 4 is 11.8 Å². The summed E-state index contributed by atoms with van der Waals surface area (Å²) in [4.78, 5) is 1.35. The van der Waals surface area contributed by atoms with Gasteiger partial charge >= 0.3 is 0 Å². The molecule has 0 aliphatic heterocycles. The topological polar surface area (TPSA) is 0 Å². The molecule has 0 radical (unpaired) electrons. The molecular weight excluding hydrogens is 224 g/mol. The Morgan fingerprint density at radius 2 is 1.82 bits per heavy atom. The normalized spacial score (nSPS) is 13.1. The van der Waals surface area contributed by atoms with Crippen molar-refractivity contribution in [3.8, 4) is 0 Å². The number of allylic oxidation sites excluding steroid dienone is 2. The molecule has 0 bridgehead atoms. The molecule has 1 aromatic carbocycles. The lowest BCUT2D eigenvalue weighted by Crippen LogP contribution is -1.97. The molecule has 0 aliphatic carbocycles. The number of thioether (sulfide) groups is 1. The van der Waals surface area contributed by atoms with E-state index in [1.165, 1.54) is 29.7 Å². The van der Waals surface area contributed by atoms with E-state index >= 15 is 0 Å². The van der Waals surface area contributed by atoms with E-state index in [4.69, 9.17) is 0 Å². The molecule has 1 atom stereocenters. The zero-order chi connectivity index (χ0) is 12.5.